The molecular weight excluding hydrogens is 322 g/mol. The molecule has 0 bridgehead atoms. The highest BCUT2D eigenvalue weighted by atomic mass is 16.2. The molecule has 0 aliphatic heterocycles. The van der Waals surface area contributed by atoms with Gasteiger partial charge in [-0.25, -0.2) is 9.50 Å². The van der Waals surface area contributed by atoms with Crippen LogP contribution in [0.15, 0.2) is 30.6 Å². The van der Waals surface area contributed by atoms with Crippen LogP contribution in [0.25, 0.3) is 5.78 Å². The average Bonchev–Trinajstić information content (AvgIpc) is 3.00. The summed E-state index contributed by atoms with van der Waals surface area (Å²) >= 11 is 0. The highest BCUT2D eigenvalue weighted by Gasteiger charge is 2.15. The first-order chi connectivity index (χ1) is 12.0. The van der Waals surface area contributed by atoms with E-state index >= 15 is 0 Å². The summed E-state index contributed by atoms with van der Waals surface area (Å²) in [6.07, 6.45) is 3.30. The number of carbonyl (C=O) groups is 2. The van der Waals surface area contributed by atoms with Gasteiger partial charge < -0.3 is 10.6 Å². The van der Waals surface area contributed by atoms with Gasteiger partial charge in [-0.15, -0.1) is 5.10 Å². The van der Waals surface area contributed by atoms with Crippen molar-refractivity contribution >= 4 is 23.3 Å². The maximum atomic E-state index is 12.1. The van der Waals surface area contributed by atoms with Crippen molar-refractivity contribution in [1.82, 2.24) is 29.9 Å². The summed E-state index contributed by atoms with van der Waals surface area (Å²) in [7, 11) is 0. The Bertz CT molecular complexity index is 921. The molecule has 9 heteroatoms. The number of hydrogen-bond donors (Lipinski definition) is 2. The summed E-state index contributed by atoms with van der Waals surface area (Å²) < 4.78 is 1.51. The van der Waals surface area contributed by atoms with E-state index in [-0.39, 0.29) is 24.7 Å². The van der Waals surface area contributed by atoms with Crippen molar-refractivity contribution in [2.24, 2.45) is 0 Å². The lowest BCUT2D eigenvalue weighted by molar-refractivity contribution is -0.116. The Hall–Kier alpha value is -3.36. The largest absolute Gasteiger partial charge is 0.349 e. The molecule has 3 aromatic rings. The second-order valence-corrected chi connectivity index (χ2v) is 5.48. The summed E-state index contributed by atoms with van der Waals surface area (Å²) in [5, 5.41) is 9.46. The summed E-state index contributed by atoms with van der Waals surface area (Å²) in [4.78, 5) is 36.2. The molecule has 0 radical (unpaired) electrons. The minimum absolute atomic E-state index is 0.0221. The van der Waals surface area contributed by atoms with Gasteiger partial charge in [-0.05, 0) is 32.0 Å². The quantitative estimate of drug-likeness (QED) is 0.714. The second-order valence-electron chi connectivity index (χ2n) is 5.48. The van der Waals surface area contributed by atoms with Crippen LogP contribution in [0.2, 0.25) is 0 Å². The van der Waals surface area contributed by atoms with Crippen molar-refractivity contribution in [2.75, 3.05) is 11.9 Å². The van der Waals surface area contributed by atoms with Crippen LogP contribution >= 0.6 is 0 Å². The van der Waals surface area contributed by atoms with E-state index < -0.39 is 5.91 Å². The normalized spacial score (nSPS) is 10.6. The maximum Gasteiger partial charge on any atom is 0.291 e. The maximum absolute atomic E-state index is 12.1. The van der Waals surface area contributed by atoms with E-state index in [4.69, 9.17) is 0 Å². The van der Waals surface area contributed by atoms with E-state index in [1.54, 1.807) is 24.5 Å². The van der Waals surface area contributed by atoms with Gasteiger partial charge in [0, 0.05) is 30.6 Å². The highest BCUT2D eigenvalue weighted by molar-refractivity contribution is 5.93. The number of aryl methyl sites for hydroxylation is 2. The smallest absolute Gasteiger partial charge is 0.291 e. The molecule has 0 aliphatic carbocycles. The third-order valence-electron chi connectivity index (χ3n) is 3.40. The van der Waals surface area contributed by atoms with Crippen LogP contribution in [-0.4, -0.2) is 42.9 Å². The number of hydrogen-bond acceptors (Lipinski definition) is 6. The van der Waals surface area contributed by atoms with Gasteiger partial charge in [-0.2, -0.15) is 4.98 Å². The lowest BCUT2D eigenvalue weighted by Crippen LogP contribution is -2.28. The molecule has 0 saturated heterocycles. The van der Waals surface area contributed by atoms with Gasteiger partial charge in [0.2, 0.25) is 11.7 Å². The molecule has 0 atom stereocenters. The van der Waals surface area contributed by atoms with E-state index in [9.17, 15) is 9.59 Å². The third kappa shape index (κ3) is 3.94. The van der Waals surface area contributed by atoms with Crippen LogP contribution in [0.3, 0.4) is 0 Å². The Balaban J connectivity index is 1.56. The molecule has 128 valence electrons. The summed E-state index contributed by atoms with van der Waals surface area (Å²) in [5.74, 6) is -0.271. The number of anilines is 1. The summed E-state index contributed by atoms with van der Waals surface area (Å²) in [6.45, 7) is 3.88. The van der Waals surface area contributed by atoms with E-state index in [2.05, 4.69) is 30.7 Å². The van der Waals surface area contributed by atoms with Crippen LogP contribution in [0.4, 0.5) is 5.69 Å². The number of nitrogens with one attached hydrogen (secondary N) is 2. The topological polar surface area (TPSA) is 114 Å². The van der Waals surface area contributed by atoms with E-state index in [1.807, 2.05) is 19.9 Å². The molecule has 0 saturated carbocycles. The number of fused-ring (bicyclic) bond motifs is 1. The predicted octanol–water partition coefficient (Wildman–Crippen LogP) is 0.895. The average molecular weight is 339 g/mol. The van der Waals surface area contributed by atoms with Gasteiger partial charge in [-0.3, -0.25) is 14.6 Å². The van der Waals surface area contributed by atoms with Gasteiger partial charge in [0.05, 0.1) is 11.9 Å². The standard InChI is InChI=1S/C16H17N7O2/c1-10-8-11(2)23-16(19-10)21-14(22-23)15(25)18-7-5-13(24)20-12-4-3-6-17-9-12/h3-4,6,8-9H,5,7H2,1-2H3,(H,18,25)(H,20,24). The zero-order chi connectivity index (χ0) is 17.8. The Kier molecular flexibility index (Phi) is 4.64. The number of nitrogens with zero attached hydrogens (tertiary/aromatic N) is 5. The molecule has 0 unspecified atom stereocenters. The zero-order valence-corrected chi connectivity index (χ0v) is 13.9. The fourth-order valence-corrected chi connectivity index (χ4v) is 2.29. The Morgan fingerprint density at radius 1 is 1.24 bits per heavy atom. The number of amides is 2. The minimum Gasteiger partial charge on any atom is -0.349 e. The molecule has 0 fully saturated rings. The number of aromatic nitrogens is 5. The van der Waals surface area contributed by atoms with Gasteiger partial charge in [0.15, 0.2) is 0 Å². The van der Waals surface area contributed by atoms with Crippen molar-refractivity contribution in [3.8, 4) is 0 Å². The van der Waals surface area contributed by atoms with Crippen LogP contribution in [-0.2, 0) is 4.79 Å². The predicted molar refractivity (Wildman–Crippen MR) is 90.1 cm³/mol. The van der Waals surface area contributed by atoms with Crippen LogP contribution in [0.5, 0.6) is 0 Å². The van der Waals surface area contributed by atoms with Crippen LogP contribution < -0.4 is 10.6 Å². The van der Waals surface area contributed by atoms with Gasteiger partial charge >= 0.3 is 0 Å². The molecule has 0 spiro atoms. The van der Waals surface area contributed by atoms with Crippen molar-refractivity contribution in [3.63, 3.8) is 0 Å². The number of carbonyl (C=O) groups excluding carboxylic acids is 2. The number of rotatable bonds is 5. The first kappa shape index (κ1) is 16.5. The van der Waals surface area contributed by atoms with Gasteiger partial charge in [0.25, 0.3) is 11.7 Å². The minimum atomic E-state index is -0.447. The van der Waals surface area contributed by atoms with Crippen LogP contribution in [0, 0.1) is 13.8 Å². The fourth-order valence-electron chi connectivity index (χ4n) is 2.29. The van der Waals surface area contributed by atoms with Crippen molar-refractivity contribution in [1.29, 1.82) is 0 Å². The summed E-state index contributed by atoms with van der Waals surface area (Å²) in [6, 6.07) is 5.32. The molecule has 3 aromatic heterocycles. The Labute approximate surface area is 143 Å². The Morgan fingerprint density at radius 2 is 2.08 bits per heavy atom. The molecular formula is C16H17N7O2. The van der Waals surface area contributed by atoms with Crippen molar-refractivity contribution in [2.45, 2.75) is 20.3 Å². The molecule has 25 heavy (non-hydrogen) atoms. The van der Waals surface area contributed by atoms with E-state index in [0.717, 1.165) is 11.4 Å². The molecule has 2 amide bonds. The Morgan fingerprint density at radius 3 is 2.84 bits per heavy atom. The summed E-state index contributed by atoms with van der Waals surface area (Å²) in [5.41, 5.74) is 2.25. The molecule has 2 N–H and O–H groups in total. The first-order valence-electron chi connectivity index (χ1n) is 7.72. The lowest BCUT2D eigenvalue weighted by atomic mass is 10.3. The highest BCUT2D eigenvalue weighted by Crippen LogP contribution is 2.05. The molecule has 9 nitrogen and oxygen atoms in total. The molecule has 0 aliphatic rings. The zero-order valence-electron chi connectivity index (χ0n) is 13.9. The van der Waals surface area contributed by atoms with E-state index in [0.29, 0.717) is 11.5 Å². The lowest BCUT2D eigenvalue weighted by Gasteiger charge is -2.05. The van der Waals surface area contributed by atoms with Crippen molar-refractivity contribution in [3.05, 3.63) is 47.8 Å². The third-order valence-corrected chi connectivity index (χ3v) is 3.40. The molecule has 0 aromatic carbocycles. The first-order valence-corrected chi connectivity index (χ1v) is 7.72. The van der Waals surface area contributed by atoms with Crippen LogP contribution in [0.1, 0.15) is 28.4 Å². The molecule has 3 rings (SSSR count). The van der Waals surface area contributed by atoms with Crippen molar-refractivity contribution < 1.29 is 9.59 Å². The SMILES string of the molecule is Cc1cc(C)n2nc(C(=O)NCCC(=O)Nc3cccnc3)nc2n1. The van der Waals surface area contributed by atoms with Gasteiger partial charge in [-0.1, -0.05) is 0 Å². The van der Waals surface area contributed by atoms with Gasteiger partial charge in [0.1, 0.15) is 0 Å². The molecule has 3 heterocycles. The monoisotopic (exact) mass is 339 g/mol. The fraction of sp³-hybridized carbons (Fsp3) is 0.250. The van der Waals surface area contributed by atoms with E-state index in [1.165, 1.54) is 4.52 Å². The number of pyridine rings is 1. The second kappa shape index (κ2) is 7.04.